The van der Waals surface area contributed by atoms with Crippen LogP contribution in [0.1, 0.15) is 0 Å². The van der Waals surface area contributed by atoms with Crippen LogP contribution in [0.2, 0.25) is 0 Å². The third-order valence-electron chi connectivity index (χ3n) is 1.22. The third-order valence-corrected chi connectivity index (χ3v) is 1.22. The molecule has 3 atom stereocenters. The Bertz CT molecular complexity index is 109. The van der Waals surface area contributed by atoms with Gasteiger partial charge in [0.15, 0.2) is 0 Å². The third kappa shape index (κ3) is 2.40. The highest BCUT2D eigenvalue weighted by Crippen LogP contribution is 1.92. The van der Waals surface area contributed by atoms with Crippen LogP contribution in [0.5, 0.6) is 0 Å². The maximum Gasteiger partial charge on any atom is 0.150 e. The summed E-state index contributed by atoms with van der Waals surface area (Å²) in [5, 5.41) is 17.6. The highest BCUT2D eigenvalue weighted by molar-refractivity contribution is 5.57. The minimum atomic E-state index is -1.33. The summed E-state index contributed by atoms with van der Waals surface area (Å²) in [5.41, 5.74) is 10.2. The van der Waals surface area contributed by atoms with Gasteiger partial charge in [-0.3, -0.25) is 0 Å². The van der Waals surface area contributed by atoms with E-state index in [4.69, 9.17) is 21.7 Å². The summed E-state index contributed by atoms with van der Waals surface area (Å²) >= 11 is 0. The first-order valence-corrected chi connectivity index (χ1v) is 2.90. The van der Waals surface area contributed by atoms with E-state index in [-0.39, 0.29) is 12.8 Å². The summed E-state index contributed by atoms with van der Waals surface area (Å²) < 4.78 is 0. The highest BCUT2D eigenvalue weighted by atomic mass is 16.3. The number of rotatable bonds is 4. The Morgan fingerprint density at radius 2 is 2.00 bits per heavy atom. The van der Waals surface area contributed by atoms with Crippen molar-refractivity contribution in [3.8, 4) is 0 Å². The number of hydrogen-bond acceptors (Lipinski definition) is 5. The summed E-state index contributed by atoms with van der Waals surface area (Å²) in [5.74, 6) is 0. The fraction of sp³-hybridized carbons (Fsp3) is 0.800. The van der Waals surface area contributed by atoms with Gasteiger partial charge in [0.05, 0.1) is 12.1 Å². The monoisotopic (exact) mass is 148 g/mol. The molecule has 0 aromatic heterocycles. The maximum absolute atomic E-state index is 9.88. The molecule has 5 nitrogen and oxygen atoms in total. The van der Waals surface area contributed by atoms with Crippen molar-refractivity contribution in [2.45, 2.75) is 18.2 Å². The van der Waals surface area contributed by atoms with Gasteiger partial charge < -0.3 is 26.5 Å². The number of aliphatic hydroxyl groups is 2. The molecule has 6 N–H and O–H groups in total. The molecule has 0 aliphatic heterocycles. The van der Waals surface area contributed by atoms with Crippen LogP contribution in [0.3, 0.4) is 0 Å². The zero-order valence-electron chi connectivity index (χ0n) is 5.47. The first-order chi connectivity index (χ1) is 4.63. The lowest BCUT2D eigenvalue weighted by atomic mass is 10.1. The van der Waals surface area contributed by atoms with E-state index in [1.807, 2.05) is 0 Å². The molecule has 60 valence electrons. The van der Waals surface area contributed by atoms with E-state index in [0.717, 1.165) is 0 Å². The number of aliphatic hydroxyl groups excluding tert-OH is 2. The van der Waals surface area contributed by atoms with Gasteiger partial charge in [0.25, 0.3) is 0 Å². The van der Waals surface area contributed by atoms with E-state index in [9.17, 15) is 4.79 Å². The fourth-order valence-corrected chi connectivity index (χ4v) is 0.475. The van der Waals surface area contributed by atoms with Crippen LogP contribution < -0.4 is 11.5 Å². The van der Waals surface area contributed by atoms with Gasteiger partial charge in [-0.15, -0.1) is 0 Å². The largest absolute Gasteiger partial charge is 0.390 e. The molecule has 0 radical (unpaired) electrons. The molecular weight excluding hydrogens is 136 g/mol. The zero-order valence-corrected chi connectivity index (χ0v) is 5.47. The van der Waals surface area contributed by atoms with Gasteiger partial charge in [0.2, 0.25) is 0 Å². The van der Waals surface area contributed by atoms with E-state index >= 15 is 0 Å². The average Bonchev–Trinajstić information content (AvgIpc) is 2.00. The van der Waals surface area contributed by atoms with Crippen LogP contribution in [0.15, 0.2) is 0 Å². The molecular formula is C5H12N2O3. The predicted molar refractivity (Wildman–Crippen MR) is 35.1 cm³/mol. The van der Waals surface area contributed by atoms with Gasteiger partial charge in [0.1, 0.15) is 12.4 Å². The van der Waals surface area contributed by atoms with Gasteiger partial charge in [-0.05, 0) is 0 Å². The van der Waals surface area contributed by atoms with Crippen LogP contribution in [-0.4, -0.2) is 41.3 Å². The molecule has 0 amide bonds. The Kier molecular flexibility index (Phi) is 4.13. The minimum Gasteiger partial charge on any atom is -0.390 e. The summed E-state index contributed by atoms with van der Waals surface area (Å²) in [6.45, 7) is -0.0634. The van der Waals surface area contributed by atoms with Gasteiger partial charge in [-0.1, -0.05) is 0 Å². The SMILES string of the molecule is NC[C@@H](O)[C@H](N)[C@@H](O)C=O. The van der Waals surface area contributed by atoms with Crippen molar-refractivity contribution >= 4 is 6.29 Å². The van der Waals surface area contributed by atoms with Gasteiger partial charge >= 0.3 is 0 Å². The fourth-order valence-electron chi connectivity index (χ4n) is 0.475. The average molecular weight is 148 g/mol. The molecule has 0 heterocycles. The van der Waals surface area contributed by atoms with Crippen LogP contribution >= 0.6 is 0 Å². The van der Waals surface area contributed by atoms with Gasteiger partial charge in [-0.2, -0.15) is 0 Å². The standard InChI is InChI=1S/C5H12N2O3/c6-1-3(9)5(7)4(10)2-8/h2-5,9-10H,1,6-7H2/t3-,4+,5+/m1/s1. The minimum absolute atomic E-state index is 0.0634. The van der Waals surface area contributed by atoms with Crippen LogP contribution in [0, 0.1) is 0 Å². The Balaban J connectivity index is 3.80. The number of nitrogens with two attached hydrogens (primary N) is 2. The van der Waals surface area contributed by atoms with Crippen LogP contribution in [0.4, 0.5) is 0 Å². The molecule has 10 heavy (non-hydrogen) atoms. The van der Waals surface area contributed by atoms with E-state index < -0.39 is 18.2 Å². The molecule has 0 unspecified atom stereocenters. The molecule has 5 heteroatoms. The molecule has 0 rings (SSSR count). The zero-order chi connectivity index (χ0) is 8.15. The second-order valence-electron chi connectivity index (χ2n) is 2.01. The van der Waals surface area contributed by atoms with Crippen LogP contribution in [-0.2, 0) is 4.79 Å². The first-order valence-electron chi connectivity index (χ1n) is 2.90. The smallest absolute Gasteiger partial charge is 0.150 e. The predicted octanol–water partition coefficient (Wildman–Crippen LogP) is -2.81. The molecule has 0 aliphatic rings. The van der Waals surface area contributed by atoms with E-state index in [1.165, 1.54) is 0 Å². The maximum atomic E-state index is 9.88. The molecule has 0 spiro atoms. The van der Waals surface area contributed by atoms with Gasteiger partial charge in [-0.25, -0.2) is 0 Å². The molecule has 0 aromatic carbocycles. The number of aldehydes is 1. The van der Waals surface area contributed by atoms with E-state index in [1.54, 1.807) is 0 Å². The van der Waals surface area contributed by atoms with E-state index in [2.05, 4.69) is 0 Å². The lowest BCUT2D eigenvalue weighted by molar-refractivity contribution is -0.117. The molecule has 0 bridgehead atoms. The topological polar surface area (TPSA) is 110 Å². The Morgan fingerprint density at radius 1 is 1.50 bits per heavy atom. The van der Waals surface area contributed by atoms with E-state index in [0.29, 0.717) is 0 Å². The van der Waals surface area contributed by atoms with Crippen molar-refractivity contribution in [3.63, 3.8) is 0 Å². The van der Waals surface area contributed by atoms with Crippen molar-refractivity contribution < 1.29 is 15.0 Å². The summed E-state index contributed by atoms with van der Waals surface area (Å²) in [4.78, 5) is 9.88. The quantitative estimate of drug-likeness (QED) is 0.322. The van der Waals surface area contributed by atoms with Crippen molar-refractivity contribution in [2.75, 3.05) is 6.54 Å². The molecule has 0 aliphatic carbocycles. The van der Waals surface area contributed by atoms with Crippen LogP contribution in [0.25, 0.3) is 0 Å². The molecule has 0 fully saturated rings. The number of carbonyl (C=O) groups is 1. The summed E-state index contributed by atoms with van der Waals surface area (Å²) in [6, 6.07) is -0.984. The molecule has 0 saturated carbocycles. The second kappa shape index (κ2) is 4.35. The Hall–Kier alpha value is -0.490. The van der Waals surface area contributed by atoms with Crippen molar-refractivity contribution in [1.29, 1.82) is 0 Å². The van der Waals surface area contributed by atoms with Crippen molar-refractivity contribution in [3.05, 3.63) is 0 Å². The second-order valence-corrected chi connectivity index (χ2v) is 2.01. The van der Waals surface area contributed by atoms with Gasteiger partial charge in [0, 0.05) is 6.54 Å². The Morgan fingerprint density at radius 3 is 2.30 bits per heavy atom. The lowest BCUT2D eigenvalue weighted by Gasteiger charge is -2.18. The van der Waals surface area contributed by atoms with Crippen molar-refractivity contribution in [2.24, 2.45) is 11.5 Å². The molecule has 0 aromatic rings. The molecule has 0 saturated heterocycles. The Labute approximate surface area is 58.6 Å². The first kappa shape index (κ1) is 9.51. The summed E-state index contributed by atoms with van der Waals surface area (Å²) in [6.07, 6.45) is -2.09. The number of carbonyl (C=O) groups excluding carboxylic acids is 1. The lowest BCUT2D eigenvalue weighted by Crippen LogP contribution is -2.48. The normalized spacial score (nSPS) is 19.6. The number of hydrogen-bond donors (Lipinski definition) is 4. The highest BCUT2D eigenvalue weighted by Gasteiger charge is 2.20. The summed E-state index contributed by atoms with van der Waals surface area (Å²) in [7, 11) is 0. The van der Waals surface area contributed by atoms with Crippen molar-refractivity contribution in [1.82, 2.24) is 0 Å².